The van der Waals surface area contributed by atoms with Crippen molar-refractivity contribution in [1.29, 1.82) is 0 Å². The van der Waals surface area contributed by atoms with Gasteiger partial charge in [-0.3, -0.25) is 4.79 Å². The van der Waals surface area contributed by atoms with Gasteiger partial charge in [-0.2, -0.15) is 0 Å². The van der Waals surface area contributed by atoms with Crippen molar-refractivity contribution in [1.82, 2.24) is 15.3 Å². The van der Waals surface area contributed by atoms with Crippen molar-refractivity contribution in [2.24, 2.45) is 5.92 Å². The maximum absolute atomic E-state index is 12.9. The number of aromatic nitrogens is 2. The smallest absolute Gasteiger partial charge is 0.225 e. The van der Waals surface area contributed by atoms with Crippen LogP contribution in [0.4, 0.5) is 5.95 Å². The number of ether oxygens (including phenoxy) is 2. The highest BCUT2D eigenvalue weighted by atomic mass is 16.5. The van der Waals surface area contributed by atoms with Crippen LogP contribution in [0.25, 0.3) is 11.1 Å². The van der Waals surface area contributed by atoms with Gasteiger partial charge in [0.2, 0.25) is 11.9 Å². The monoisotopic (exact) mass is 432 g/mol. The molecule has 1 aliphatic rings. The van der Waals surface area contributed by atoms with Gasteiger partial charge in [0.05, 0.1) is 20.1 Å². The fourth-order valence-electron chi connectivity index (χ4n) is 3.96. The van der Waals surface area contributed by atoms with Gasteiger partial charge < -0.3 is 19.7 Å². The van der Waals surface area contributed by atoms with Crippen LogP contribution in [0, 0.1) is 5.92 Å². The minimum absolute atomic E-state index is 0.0356. The lowest BCUT2D eigenvalue weighted by Gasteiger charge is -2.32. The molecule has 166 valence electrons. The topological polar surface area (TPSA) is 76.6 Å². The first kappa shape index (κ1) is 21.6. The lowest BCUT2D eigenvalue weighted by atomic mass is 9.97. The first-order valence-corrected chi connectivity index (χ1v) is 10.8. The van der Waals surface area contributed by atoms with Crippen molar-refractivity contribution in [3.63, 3.8) is 0 Å². The van der Waals surface area contributed by atoms with Gasteiger partial charge >= 0.3 is 0 Å². The maximum Gasteiger partial charge on any atom is 0.225 e. The molecule has 4 rings (SSSR count). The van der Waals surface area contributed by atoms with Crippen molar-refractivity contribution in [2.75, 3.05) is 32.2 Å². The first-order valence-electron chi connectivity index (χ1n) is 10.8. The SMILES string of the molecule is COc1ccc(CNC(=O)C2CCCN(c3ncc(-c4ccccc4)cn3)C2)c(OC)c1. The lowest BCUT2D eigenvalue weighted by Crippen LogP contribution is -2.43. The Balaban J connectivity index is 1.37. The van der Waals surface area contributed by atoms with Gasteiger partial charge in [-0.25, -0.2) is 9.97 Å². The fraction of sp³-hybridized carbons (Fsp3) is 0.320. The summed E-state index contributed by atoms with van der Waals surface area (Å²) in [6.07, 6.45) is 5.46. The molecule has 7 nitrogen and oxygen atoms in total. The van der Waals surface area contributed by atoms with Gasteiger partial charge in [0.1, 0.15) is 11.5 Å². The highest BCUT2D eigenvalue weighted by Crippen LogP contribution is 2.26. The Morgan fingerprint density at radius 2 is 1.84 bits per heavy atom. The standard InChI is InChI=1S/C25H28N4O3/c1-31-22-11-10-19(23(13-22)32-2)14-26-24(30)20-9-6-12-29(17-20)25-27-15-21(16-28-25)18-7-4-3-5-8-18/h3-5,7-8,10-11,13,15-16,20H,6,9,12,14,17H2,1-2H3,(H,26,30). The van der Waals surface area contributed by atoms with E-state index in [0.29, 0.717) is 24.8 Å². The molecule has 32 heavy (non-hydrogen) atoms. The van der Waals surface area contributed by atoms with E-state index < -0.39 is 0 Å². The molecule has 3 aromatic rings. The van der Waals surface area contributed by atoms with Crippen LogP contribution >= 0.6 is 0 Å². The van der Waals surface area contributed by atoms with Crippen molar-refractivity contribution >= 4 is 11.9 Å². The summed E-state index contributed by atoms with van der Waals surface area (Å²) in [5, 5.41) is 3.06. The molecule has 1 N–H and O–H groups in total. The second-order valence-corrected chi connectivity index (χ2v) is 7.82. The average molecular weight is 433 g/mol. The largest absolute Gasteiger partial charge is 0.497 e. The molecule has 0 bridgehead atoms. The molecule has 1 atom stereocenters. The second-order valence-electron chi connectivity index (χ2n) is 7.82. The Bertz CT molecular complexity index is 1040. The fourth-order valence-corrected chi connectivity index (χ4v) is 3.96. The van der Waals surface area contributed by atoms with Crippen LogP contribution < -0.4 is 19.7 Å². The van der Waals surface area contributed by atoms with E-state index in [1.165, 1.54) is 0 Å². The summed E-state index contributed by atoms with van der Waals surface area (Å²) < 4.78 is 10.7. The molecule has 2 heterocycles. The number of hydrogen-bond acceptors (Lipinski definition) is 6. The van der Waals surface area contributed by atoms with E-state index in [0.717, 1.165) is 41.8 Å². The second kappa shape index (κ2) is 10.1. The summed E-state index contributed by atoms with van der Waals surface area (Å²) in [6.45, 7) is 1.86. The summed E-state index contributed by atoms with van der Waals surface area (Å²) in [6, 6.07) is 15.7. The van der Waals surface area contributed by atoms with E-state index in [2.05, 4.69) is 20.2 Å². The van der Waals surface area contributed by atoms with Crippen molar-refractivity contribution in [2.45, 2.75) is 19.4 Å². The number of carbonyl (C=O) groups is 1. The predicted molar refractivity (Wildman–Crippen MR) is 124 cm³/mol. The van der Waals surface area contributed by atoms with Gasteiger partial charge in [-0.05, 0) is 30.5 Å². The zero-order chi connectivity index (χ0) is 22.3. The zero-order valence-electron chi connectivity index (χ0n) is 18.5. The number of nitrogens with zero attached hydrogens (tertiary/aromatic N) is 3. The molecule has 7 heteroatoms. The Morgan fingerprint density at radius 3 is 2.56 bits per heavy atom. The van der Waals surface area contributed by atoms with E-state index in [9.17, 15) is 4.79 Å². The highest BCUT2D eigenvalue weighted by Gasteiger charge is 2.27. The summed E-state index contributed by atoms with van der Waals surface area (Å²) >= 11 is 0. The van der Waals surface area contributed by atoms with Crippen LogP contribution in [0.15, 0.2) is 60.9 Å². The Hall–Kier alpha value is -3.61. The molecular weight excluding hydrogens is 404 g/mol. The lowest BCUT2D eigenvalue weighted by molar-refractivity contribution is -0.125. The molecule has 1 fully saturated rings. The highest BCUT2D eigenvalue weighted by molar-refractivity contribution is 5.79. The number of carbonyl (C=O) groups excluding carboxylic acids is 1. The van der Waals surface area contributed by atoms with E-state index in [1.807, 2.05) is 60.9 Å². The summed E-state index contributed by atoms with van der Waals surface area (Å²) in [4.78, 5) is 24.1. The summed E-state index contributed by atoms with van der Waals surface area (Å²) in [5.41, 5.74) is 2.98. The number of rotatable bonds is 7. The van der Waals surface area contributed by atoms with Gasteiger partial charge in [0.15, 0.2) is 0 Å². The number of anilines is 1. The van der Waals surface area contributed by atoms with Crippen molar-refractivity contribution < 1.29 is 14.3 Å². The first-order chi connectivity index (χ1) is 15.7. The third-order valence-corrected chi connectivity index (χ3v) is 5.77. The third kappa shape index (κ3) is 4.99. The van der Waals surface area contributed by atoms with E-state index in [1.54, 1.807) is 14.2 Å². The normalized spacial score (nSPS) is 15.8. The molecule has 0 aliphatic carbocycles. The van der Waals surface area contributed by atoms with Crippen LogP contribution in [-0.4, -0.2) is 43.2 Å². The van der Waals surface area contributed by atoms with Crippen LogP contribution in [0.2, 0.25) is 0 Å². The quantitative estimate of drug-likeness (QED) is 0.614. The molecule has 0 radical (unpaired) electrons. The Morgan fingerprint density at radius 1 is 1.06 bits per heavy atom. The van der Waals surface area contributed by atoms with E-state index >= 15 is 0 Å². The number of nitrogens with one attached hydrogen (secondary N) is 1. The number of piperidine rings is 1. The van der Waals surface area contributed by atoms with Crippen molar-refractivity contribution in [3.8, 4) is 22.6 Å². The van der Waals surface area contributed by atoms with E-state index in [-0.39, 0.29) is 11.8 Å². The minimum Gasteiger partial charge on any atom is -0.497 e. The van der Waals surface area contributed by atoms with Crippen LogP contribution in [0.5, 0.6) is 11.5 Å². The molecule has 1 amide bonds. The molecule has 2 aromatic carbocycles. The molecule has 1 saturated heterocycles. The molecule has 1 aliphatic heterocycles. The molecule has 0 saturated carbocycles. The Kier molecular flexibility index (Phi) is 6.84. The van der Waals surface area contributed by atoms with Crippen LogP contribution in [-0.2, 0) is 11.3 Å². The minimum atomic E-state index is -0.106. The van der Waals surface area contributed by atoms with E-state index in [4.69, 9.17) is 9.47 Å². The number of hydrogen-bond donors (Lipinski definition) is 1. The number of benzene rings is 2. The van der Waals surface area contributed by atoms with Gasteiger partial charge in [0, 0.05) is 49.2 Å². The number of amides is 1. The number of methoxy groups -OCH3 is 2. The molecule has 1 aromatic heterocycles. The summed E-state index contributed by atoms with van der Waals surface area (Å²) in [7, 11) is 3.23. The molecule has 1 unspecified atom stereocenters. The average Bonchev–Trinajstić information content (AvgIpc) is 2.87. The van der Waals surface area contributed by atoms with Crippen LogP contribution in [0.3, 0.4) is 0 Å². The van der Waals surface area contributed by atoms with Crippen LogP contribution in [0.1, 0.15) is 18.4 Å². The van der Waals surface area contributed by atoms with Gasteiger partial charge in [-0.1, -0.05) is 30.3 Å². The third-order valence-electron chi connectivity index (χ3n) is 5.77. The zero-order valence-corrected chi connectivity index (χ0v) is 18.5. The predicted octanol–water partition coefficient (Wildman–Crippen LogP) is 3.69. The van der Waals surface area contributed by atoms with Gasteiger partial charge in [-0.15, -0.1) is 0 Å². The molecule has 0 spiro atoms. The Labute approximate surface area is 188 Å². The maximum atomic E-state index is 12.9. The summed E-state index contributed by atoms with van der Waals surface area (Å²) in [5.74, 6) is 2.01. The molecular formula is C25H28N4O3. The van der Waals surface area contributed by atoms with Gasteiger partial charge in [0.25, 0.3) is 0 Å². The van der Waals surface area contributed by atoms with Crippen molar-refractivity contribution in [3.05, 3.63) is 66.5 Å².